The Kier molecular flexibility index (Phi) is 2.33. The van der Waals surface area contributed by atoms with Gasteiger partial charge in [-0.3, -0.25) is 5.21 Å². The summed E-state index contributed by atoms with van der Waals surface area (Å²) in [7, 11) is 0. The van der Waals surface area contributed by atoms with E-state index >= 15 is 0 Å². The molecule has 0 saturated heterocycles. The minimum absolute atomic E-state index is 0.159. The van der Waals surface area contributed by atoms with E-state index in [-0.39, 0.29) is 5.88 Å². The number of nitrogens with zero attached hydrogens (tertiary/aromatic N) is 1. The van der Waals surface area contributed by atoms with Gasteiger partial charge in [-0.05, 0) is 19.4 Å². The summed E-state index contributed by atoms with van der Waals surface area (Å²) in [4.78, 5) is 0. The molecule has 0 aromatic carbocycles. The van der Waals surface area contributed by atoms with Gasteiger partial charge in [0, 0.05) is 10.3 Å². The molecule has 0 radical (unpaired) electrons. The molecule has 0 saturated carbocycles. The maximum atomic E-state index is 9.13. The Morgan fingerprint density at radius 1 is 1.50 bits per heavy atom. The zero-order valence-corrected chi connectivity index (χ0v) is 7.15. The van der Waals surface area contributed by atoms with Gasteiger partial charge in [0.15, 0.2) is 0 Å². The number of aromatic hydroxyl groups is 1. The van der Waals surface area contributed by atoms with Gasteiger partial charge in [0.1, 0.15) is 0 Å². The molecule has 1 aromatic rings. The normalized spacial score (nSPS) is 10.8. The van der Waals surface area contributed by atoms with Crippen LogP contribution < -0.4 is 4.73 Å². The fraction of sp³-hybridized carbons (Fsp3) is 0.222. The van der Waals surface area contributed by atoms with Crippen LogP contribution in [0.2, 0.25) is 0 Å². The monoisotopic (exact) mass is 166 g/mol. The fourth-order valence-electron chi connectivity index (χ4n) is 1.00. The van der Waals surface area contributed by atoms with Crippen molar-refractivity contribution in [2.45, 2.75) is 13.8 Å². The van der Waals surface area contributed by atoms with Crippen LogP contribution in [0.15, 0.2) is 18.3 Å². The summed E-state index contributed by atoms with van der Waals surface area (Å²) >= 11 is 0. The first-order valence-corrected chi connectivity index (χ1v) is 3.72. The van der Waals surface area contributed by atoms with E-state index in [2.05, 4.69) is 0 Å². The number of hydrogen-bond donors (Lipinski definition) is 2. The van der Waals surface area contributed by atoms with Crippen molar-refractivity contribution in [2.75, 3.05) is 0 Å². The summed E-state index contributed by atoms with van der Waals surface area (Å²) in [5, 5.41) is 18.2. The predicted molar refractivity (Wildman–Crippen MR) is 44.9 cm³/mol. The topological polar surface area (TPSA) is 44.3 Å². The van der Waals surface area contributed by atoms with Crippen molar-refractivity contribution in [1.29, 1.82) is 0 Å². The van der Waals surface area contributed by atoms with E-state index in [1.807, 2.05) is 26.0 Å². The van der Waals surface area contributed by atoms with Gasteiger partial charge in [-0.25, -0.2) is 0 Å². The first-order valence-electron chi connectivity index (χ1n) is 3.72. The largest absolute Gasteiger partial charge is 0.457 e. The zero-order valence-electron chi connectivity index (χ0n) is 7.15. The van der Waals surface area contributed by atoms with Crippen LogP contribution in [0.25, 0.3) is 6.08 Å². The van der Waals surface area contributed by atoms with Gasteiger partial charge in [0.2, 0.25) is 6.20 Å². The summed E-state index contributed by atoms with van der Waals surface area (Å²) in [6.07, 6.45) is 5.21. The lowest BCUT2D eigenvalue weighted by Gasteiger charge is -1.96. The van der Waals surface area contributed by atoms with E-state index in [0.717, 1.165) is 11.1 Å². The Labute approximate surface area is 71.2 Å². The molecular weight excluding hydrogens is 154 g/mol. The molecule has 0 unspecified atom stereocenters. The lowest BCUT2D eigenvalue weighted by molar-refractivity contribution is -0.907. The van der Waals surface area contributed by atoms with Gasteiger partial charge in [0.05, 0.1) is 6.07 Å². The third kappa shape index (κ3) is 1.56. The quantitative estimate of drug-likeness (QED) is 0.487. The molecule has 0 atom stereocenters. The number of rotatable bonds is 1. The van der Waals surface area contributed by atoms with Crippen LogP contribution in [0.1, 0.15) is 18.1 Å². The lowest BCUT2D eigenvalue weighted by Crippen LogP contribution is -2.29. The molecule has 0 amide bonds. The van der Waals surface area contributed by atoms with E-state index in [1.165, 1.54) is 12.3 Å². The van der Waals surface area contributed by atoms with Crippen molar-refractivity contribution in [3.63, 3.8) is 0 Å². The first-order chi connectivity index (χ1) is 5.65. The van der Waals surface area contributed by atoms with Crippen molar-refractivity contribution >= 4 is 6.08 Å². The molecule has 1 heterocycles. The average Bonchev–Trinajstić information content (AvgIpc) is 2.01. The van der Waals surface area contributed by atoms with Crippen LogP contribution in [0, 0.1) is 6.92 Å². The number of aryl methyl sites for hydroxylation is 1. The van der Waals surface area contributed by atoms with E-state index in [1.54, 1.807) is 0 Å². The van der Waals surface area contributed by atoms with Crippen LogP contribution in [-0.2, 0) is 0 Å². The molecule has 0 aliphatic heterocycles. The maximum Gasteiger partial charge on any atom is 0.414 e. The van der Waals surface area contributed by atoms with Crippen molar-refractivity contribution in [1.82, 2.24) is 0 Å². The van der Waals surface area contributed by atoms with Crippen molar-refractivity contribution in [3.05, 3.63) is 29.5 Å². The Balaban J connectivity index is 3.23. The SMILES string of the molecule is CC=Cc1cc(O)[n+](O)cc1C. The minimum atomic E-state index is -0.159. The van der Waals surface area contributed by atoms with E-state index < -0.39 is 0 Å². The summed E-state index contributed by atoms with van der Waals surface area (Å²) in [5.74, 6) is -0.159. The molecule has 64 valence electrons. The van der Waals surface area contributed by atoms with Crippen molar-refractivity contribution in [3.8, 4) is 5.88 Å². The molecule has 1 aromatic heterocycles. The highest BCUT2D eigenvalue weighted by atomic mass is 16.5. The van der Waals surface area contributed by atoms with Gasteiger partial charge in [-0.1, -0.05) is 12.2 Å². The lowest BCUT2D eigenvalue weighted by atomic mass is 10.1. The Morgan fingerprint density at radius 3 is 2.75 bits per heavy atom. The smallest absolute Gasteiger partial charge is 0.414 e. The molecule has 0 fully saturated rings. The van der Waals surface area contributed by atoms with Gasteiger partial charge < -0.3 is 5.11 Å². The summed E-state index contributed by atoms with van der Waals surface area (Å²) < 4.78 is 0.697. The van der Waals surface area contributed by atoms with Crippen LogP contribution in [0.5, 0.6) is 5.88 Å². The molecule has 3 nitrogen and oxygen atoms in total. The van der Waals surface area contributed by atoms with Gasteiger partial charge >= 0.3 is 5.88 Å². The second-order valence-corrected chi connectivity index (χ2v) is 2.61. The van der Waals surface area contributed by atoms with Crippen LogP contribution in [-0.4, -0.2) is 10.3 Å². The molecule has 0 spiro atoms. The third-order valence-corrected chi connectivity index (χ3v) is 1.64. The Morgan fingerprint density at radius 2 is 2.17 bits per heavy atom. The molecular formula is C9H12NO2+. The summed E-state index contributed by atoms with van der Waals surface area (Å²) in [5.41, 5.74) is 1.81. The summed E-state index contributed by atoms with van der Waals surface area (Å²) in [6, 6.07) is 1.51. The molecule has 0 aliphatic carbocycles. The van der Waals surface area contributed by atoms with Crippen molar-refractivity contribution < 1.29 is 15.0 Å². The van der Waals surface area contributed by atoms with Crippen LogP contribution in [0.4, 0.5) is 0 Å². The molecule has 0 aliphatic rings. The predicted octanol–water partition coefficient (Wildman–Crippen LogP) is 1.26. The standard InChI is InChI=1S/C9H11NO2/c1-3-4-8-5-9(11)10(12)6-7(8)2/h3-6,12H,1-2H3/p+1. The van der Waals surface area contributed by atoms with Gasteiger partial charge in [0.25, 0.3) is 0 Å². The zero-order chi connectivity index (χ0) is 9.14. The van der Waals surface area contributed by atoms with Crippen LogP contribution >= 0.6 is 0 Å². The molecule has 3 heteroatoms. The second kappa shape index (κ2) is 3.26. The van der Waals surface area contributed by atoms with Crippen LogP contribution in [0.3, 0.4) is 0 Å². The Bertz CT molecular complexity index is 319. The van der Waals surface area contributed by atoms with Crippen molar-refractivity contribution in [2.24, 2.45) is 0 Å². The second-order valence-electron chi connectivity index (χ2n) is 2.61. The molecule has 0 bridgehead atoms. The molecule has 12 heavy (non-hydrogen) atoms. The van der Waals surface area contributed by atoms with E-state index in [0.29, 0.717) is 4.73 Å². The third-order valence-electron chi connectivity index (χ3n) is 1.64. The number of allylic oxidation sites excluding steroid dienone is 1. The van der Waals surface area contributed by atoms with Gasteiger partial charge in [-0.15, -0.1) is 0 Å². The van der Waals surface area contributed by atoms with E-state index in [4.69, 9.17) is 10.3 Å². The average molecular weight is 166 g/mol. The Hall–Kier alpha value is -1.51. The fourth-order valence-corrected chi connectivity index (χ4v) is 1.00. The highest BCUT2D eigenvalue weighted by Gasteiger charge is 2.10. The minimum Gasteiger partial charge on any atom is -0.457 e. The molecule has 1 rings (SSSR count). The highest BCUT2D eigenvalue weighted by molar-refractivity contribution is 5.52. The number of pyridine rings is 1. The van der Waals surface area contributed by atoms with E-state index in [9.17, 15) is 0 Å². The maximum absolute atomic E-state index is 9.13. The molecule has 2 N–H and O–H groups in total. The first kappa shape index (κ1) is 8.59. The van der Waals surface area contributed by atoms with Gasteiger partial charge in [-0.2, -0.15) is 0 Å². The number of aromatic nitrogens is 1. The summed E-state index contributed by atoms with van der Waals surface area (Å²) in [6.45, 7) is 3.76. The number of hydrogen-bond acceptors (Lipinski definition) is 2. The highest BCUT2D eigenvalue weighted by Crippen LogP contribution is 2.11.